The highest BCUT2D eigenvalue weighted by Crippen LogP contribution is 2.28. The summed E-state index contributed by atoms with van der Waals surface area (Å²) in [4.78, 5) is 18.3. The fourth-order valence-corrected chi connectivity index (χ4v) is 5.16. The number of hydrogen-bond donors (Lipinski definition) is 1. The first-order chi connectivity index (χ1) is 19.9. The van der Waals surface area contributed by atoms with Crippen LogP contribution in [0.15, 0.2) is 120 Å². The monoisotopic (exact) mass is 536 g/mol. The lowest BCUT2D eigenvalue weighted by Crippen LogP contribution is -2.18. The van der Waals surface area contributed by atoms with Crippen molar-refractivity contribution in [2.24, 2.45) is 5.10 Å². The largest absolute Gasteiger partial charge is 0.342 e. The van der Waals surface area contributed by atoms with Crippen LogP contribution in [0.4, 0.5) is 0 Å². The van der Waals surface area contributed by atoms with Crippen molar-refractivity contribution in [1.82, 2.24) is 15.0 Å². The predicted molar refractivity (Wildman–Crippen MR) is 168 cm³/mol. The summed E-state index contributed by atoms with van der Waals surface area (Å²) < 4.78 is 2.21. The molecule has 1 N–H and O–H groups in total. The molecule has 0 spiro atoms. The van der Waals surface area contributed by atoms with Gasteiger partial charge in [-0.1, -0.05) is 112 Å². The third-order valence-corrected chi connectivity index (χ3v) is 7.39. The lowest BCUT2D eigenvalue weighted by molar-refractivity contribution is 0.0956. The highest BCUT2D eigenvalue weighted by Gasteiger charge is 2.16. The van der Waals surface area contributed by atoms with E-state index in [4.69, 9.17) is 4.98 Å². The van der Waals surface area contributed by atoms with Crippen molar-refractivity contribution in [3.8, 4) is 11.3 Å². The summed E-state index contributed by atoms with van der Waals surface area (Å²) in [6.45, 7) is 7.34. The Hall–Kier alpha value is -5.03. The minimum atomic E-state index is -0.277. The molecule has 0 atom stereocenters. The van der Waals surface area contributed by atoms with E-state index in [2.05, 4.69) is 90.6 Å². The van der Waals surface area contributed by atoms with Crippen LogP contribution in [0.1, 0.15) is 47.8 Å². The first-order valence-corrected chi connectivity index (χ1v) is 13.8. The van der Waals surface area contributed by atoms with Crippen LogP contribution >= 0.6 is 0 Å². The zero-order valence-electron chi connectivity index (χ0n) is 23.5. The van der Waals surface area contributed by atoms with Gasteiger partial charge in [-0.3, -0.25) is 4.79 Å². The molecule has 0 aliphatic carbocycles. The van der Waals surface area contributed by atoms with Crippen LogP contribution in [0.5, 0.6) is 0 Å². The first kappa shape index (κ1) is 26.2. The fraction of sp³-hybridized carbons (Fsp3) is 0.139. The number of carbonyl (C=O) groups is 1. The minimum Gasteiger partial charge on any atom is -0.342 e. The highest BCUT2D eigenvalue weighted by atomic mass is 16.2. The van der Waals surface area contributed by atoms with Crippen LogP contribution in [-0.2, 0) is 12.0 Å². The van der Waals surface area contributed by atoms with Gasteiger partial charge in [-0.15, -0.1) is 0 Å². The molecule has 202 valence electrons. The number of hydrogen-bond acceptors (Lipinski definition) is 3. The third-order valence-electron chi connectivity index (χ3n) is 7.39. The molecule has 2 heterocycles. The van der Waals surface area contributed by atoms with E-state index in [1.165, 1.54) is 11.1 Å². The summed E-state index contributed by atoms with van der Waals surface area (Å²) in [6, 6.07) is 36.6. The van der Waals surface area contributed by atoms with Crippen LogP contribution in [0, 0.1) is 0 Å². The molecule has 0 fully saturated rings. The summed E-state index contributed by atoms with van der Waals surface area (Å²) in [5.41, 5.74) is 10.4. The van der Waals surface area contributed by atoms with E-state index < -0.39 is 0 Å². The molecule has 6 rings (SSSR count). The number of pyridine rings is 1. The van der Waals surface area contributed by atoms with E-state index in [0.29, 0.717) is 5.56 Å². The molecule has 2 aromatic heterocycles. The molecule has 0 aliphatic heterocycles. The topological polar surface area (TPSA) is 59.3 Å². The van der Waals surface area contributed by atoms with Gasteiger partial charge in [0.25, 0.3) is 5.91 Å². The second kappa shape index (κ2) is 10.9. The Bertz CT molecular complexity index is 1880. The van der Waals surface area contributed by atoms with E-state index in [-0.39, 0.29) is 11.3 Å². The molecule has 0 saturated heterocycles. The van der Waals surface area contributed by atoms with E-state index >= 15 is 0 Å². The SMILES string of the molecule is CC(C)(C)c1ccc(-c2cc(C(=O)N/N=C\c3cn(Cc4ccccc4)c4ccccc34)c3ccccc3n2)cc1. The normalized spacial score (nSPS) is 11.9. The first-order valence-electron chi connectivity index (χ1n) is 13.8. The summed E-state index contributed by atoms with van der Waals surface area (Å²) in [5, 5.41) is 6.25. The van der Waals surface area contributed by atoms with Gasteiger partial charge < -0.3 is 4.57 Å². The second-order valence-corrected chi connectivity index (χ2v) is 11.3. The van der Waals surface area contributed by atoms with Crippen molar-refractivity contribution in [3.05, 3.63) is 138 Å². The molecule has 0 saturated carbocycles. The Labute approximate surface area is 240 Å². The van der Waals surface area contributed by atoms with Crippen LogP contribution < -0.4 is 5.43 Å². The number of para-hydroxylation sites is 2. The highest BCUT2D eigenvalue weighted by molar-refractivity contribution is 6.07. The molecule has 41 heavy (non-hydrogen) atoms. The van der Waals surface area contributed by atoms with Crippen molar-refractivity contribution < 1.29 is 4.79 Å². The van der Waals surface area contributed by atoms with Gasteiger partial charge in [-0.05, 0) is 34.7 Å². The van der Waals surface area contributed by atoms with Gasteiger partial charge in [0.05, 0.1) is 23.0 Å². The Morgan fingerprint density at radius 3 is 2.29 bits per heavy atom. The standard InChI is InChI=1S/C36H32N4O/c1-36(2,3)28-19-17-26(18-20-28)33-21-31(30-14-7-9-15-32(30)38-33)35(41)39-37-22-27-24-40(23-25-11-5-4-6-12-25)34-16-10-8-13-29(27)34/h4-22,24H,23H2,1-3H3,(H,39,41)/b37-22-. The summed E-state index contributed by atoms with van der Waals surface area (Å²) in [6.07, 6.45) is 3.80. The van der Waals surface area contributed by atoms with Crippen molar-refractivity contribution in [1.29, 1.82) is 0 Å². The number of nitrogens with zero attached hydrogens (tertiary/aromatic N) is 3. The van der Waals surface area contributed by atoms with Gasteiger partial charge >= 0.3 is 0 Å². The van der Waals surface area contributed by atoms with Crippen LogP contribution in [0.3, 0.4) is 0 Å². The molecule has 0 radical (unpaired) electrons. The number of fused-ring (bicyclic) bond motifs is 2. The van der Waals surface area contributed by atoms with E-state index in [1.807, 2.05) is 60.7 Å². The number of hydrazone groups is 1. The average molecular weight is 537 g/mol. The number of carbonyl (C=O) groups excluding carboxylic acids is 1. The Balaban J connectivity index is 1.29. The maximum Gasteiger partial charge on any atom is 0.272 e. The molecule has 5 heteroatoms. The Morgan fingerprint density at radius 2 is 1.54 bits per heavy atom. The molecule has 0 unspecified atom stereocenters. The number of rotatable bonds is 6. The molecular weight excluding hydrogens is 504 g/mol. The molecule has 4 aromatic carbocycles. The van der Waals surface area contributed by atoms with Crippen LogP contribution in [0.2, 0.25) is 0 Å². The lowest BCUT2D eigenvalue weighted by atomic mass is 9.86. The van der Waals surface area contributed by atoms with Gasteiger partial charge in [-0.25, -0.2) is 10.4 Å². The van der Waals surface area contributed by atoms with E-state index in [1.54, 1.807) is 6.21 Å². The van der Waals surface area contributed by atoms with E-state index in [9.17, 15) is 4.79 Å². The smallest absolute Gasteiger partial charge is 0.272 e. The van der Waals surface area contributed by atoms with Crippen LogP contribution in [0.25, 0.3) is 33.1 Å². The molecule has 0 bridgehead atoms. The quantitative estimate of drug-likeness (QED) is 0.173. The van der Waals surface area contributed by atoms with Gasteiger partial charge in [0.1, 0.15) is 0 Å². The summed E-state index contributed by atoms with van der Waals surface area (Å²) >= 11 is 0. The van der Waals surface area contributed by atoms with Crippen molar-refractivity contribution in [3.63, 3.8) is 0 Å². The number of aromatic nitrogens is 2. The Kier molecular flexibility index (Phi) is 6.94. The number of nitrogens with one attached hydrogen (secondary N) is 1. The summed E-state index contributed by atoms with van der Waals surface area (Å²) in [5.74, 6) is -0.277. The van der Waals surface area contributed by atoms with Gasteiger partial charge in [0.15, 0.2) is 0 Å². The fourth-order valence-electron chi connectivity index (χ4n) is 5.16. The maximum atomic E-state index is 13.5. The van der Waals surface area contributed by atoms with Crippen LogP contribution in [-0.4, -0.2) is 21.7 Å². The molecule has 5 nitrogen and oxygen atoms in total. The number of amides is 1. The molecular formula is C36H32N4O. The third kappa shape index (κ3) is 5.52. The van der Waals surface area contributed by atoms with Crippen molar-refractivity contribution >= 4 is 33.9 Å². The second-order valence-electron chi connectivity index (χ2n) is 11.3. The molecule has 1 amide bonds. The van der Waals surface area contributed by atoms with Gasteiger partial charge in [0, 0.05) is 40.2 Å². The maximum absolute atomic E-state index is 13.5. The molecule has 0 aliphatic rings. The minimum absolute atomic E-state index is 0.0617. The zero-order valence-corrected chi connectivity index (χ0v) is 23.5. The lowest BCUT2D eigenvalue weighted by Gasteiger charge is -2.19. The Morgan fingerprint density at radius 1 is 0.854 bits per heavy atom. The van der Waals surface area contributed by atoms with E-state index in [0.717, 1.165) is 45.2 Å². The zero-order chi connectivity index (χ0) is 28.4. The average Bonchev–Trinajstić information content (AvgIpc) is 3.33. The number of benzene rings is 4. The van der Waals surface area contributed by atoms with Gasteiger partial charge in [-0.2, -0.15) is 5.10 Å². The van der Waals surface area contributed by atoms with Gasteiger partial charge in [0.2, 0.25) is 0 Å². The van der Waals surface area contributed by atoms with Crippen molar-refractivity contribution in [2.75, 3.05) is 0 Å². The summed E-state index contributed by atoms with van der Waals surface area (Å²) in [7, 11) is 0. The molecule has 6 aromatic rings. The van der Waals surface area contributed by atoms with Crippen molar-refractivity contribution in [2.45, 2.75) is 32.7 Å². The predicted octanol–water partition coefficient (Wildman–Crippen LogP) is 7.97.